The van der Waals surface area contributed by atoms with Crippen LogP contribution in [0, 0.1) is 0 Å². The minimum absolute atomic E-state index is 0.127. The Labute approximate surface area is 123 Å². The van der Waals surface area contributed by atoms with Gasteiger partial charge in [-0.05, 0) is 37.1 Å². The third-order valence-corrected chi connectivity index (χ3v) is 3.93. The van der Waals surface area contributed by atoms with E-state index in [1.807, 2.05) is 10.7 Å². The summed E-state index contributed by atoms with van der Waals surface area (Å²) in [7, 11) is 1.61. The van der Waals surface area contributed by atoms with Crippen molar-refractivity contribution in [1.29, 1.82) is 0 Å². The standard InChI is InChI=1S/C16H19N3O2/c1-21-14-8-6-12(7-9-14)16(20)18-15-10-11-17-19(15)13-4-2-3-5-13/h6-11,13H,2-5H2,1H3,(H,18,20). The van der Waals surface area contributed by atoms with Gasteiger partial charge >= 0.3 is 0 Å². The molecule has 0 aliphatic heterocycles. The van der Waals surface area contributed by atoms with E-state index in [1.54, 1.807) is 37.6 Å². The second kappa shape index (κ2) is 5.99. The lowest BCUT2D eigenvalue weighted by molar-refractivity contribution is 0.102. The molecule has 0 spiro atoms. The average molecular weight is 285 g/mol. The van der Waals surface area contributed by atoms with E-state index in [9.17, 15) is 4.79 Å². The van der Waals surface area contributed by atoms with Crippen LogP contribution in [0.15, 0.2) is 36.5 Å². The van der Waals surface area contributed by atoms with E-state index in [1.165, 1.54) is 12.8 Å². The summed E-state index contributed by atoms with van der Waals surface area (Å²) in [6, 6.07) is 9.33. The number of carbonyl (C=O) groups excluding carboxylic acids is 1. The number of carbonyl (C=O) groups is 1. The highest BCUT2D eigenvalue weighted by atomic mass is 16.5. The maximum absolute atomic E-state index is 12.3. The number of hydrogen-bond acceptors (Lipinski definition) is 3. The maximum Gasteiger partial charge on any atom is 0.256 e. The molecule has 1 aromatic heterocycles. The Balaban J connectivity index is 1.73. The van der Waals surface area contributed by atoms with Crippen LogP contribution in [0.25, 0.3) is 0 Å². The van der Waals surface area contributed by atoms with Crippen molar-refractivity contribution in [1.82, 2.24) is 9.78 Å². The van der Waals surface area contributed by atoms with Gasteiger partial charge in [0.15, 0.2) is 0 Å². The highest BCUT2D eigenvalue weighted by molar-refractivity contribution is 6.03. The highest BCUT2D eigenvalue weighted by Crippen LogP contribution is 2.31. The van der Waals surface area contributed by atoms with E-state index in [4.69, 9.17) is 4.74 Å². The summed E-state index contributed by atoms with van der Waals surface area (Å²) < 4.78 is 7.03. The number of rotatable bonds is 4. The first kappa shape index (κ1) is 13.7. The number of methoxy groups -OCH3 is 1. The lowest BCUT2D eigenvalue weighted by Gasteiger charge is -2.14. The molecule has 1 aromatic carbocycles. The minimum atomic E-state index is -0.127. The summed E-state index contributed by atoms with van der Waals surface area (Å²) in [5.41, 5.74) is 0.606. The molecular formula is C16H19N3O2. The Bertz CT molecular complexity index is 613. The van der Waals surface area contributed by atoms with Crippen molar-refractivity contribution in [2.24, 2.45) is 0 Å². The Morgan fingerprint density at radius 2 is 1.95 bits per heavy atom. The molecule has 5 nitrogen and oxygen atoms in total. The number of nitrogens with one attached hydrogen (secondary N) is 1. The van der Waals surface area contributed by atoms with Crippen molar-refractivity contribution in [3.05, 3.63) is 42.1 Å². The molecule has 1 saturated carbocycles. The number of ether oxygens (including phenoxy) is 1. The molecule has 0 radical (unpaired) electrons. The molecule has 0 bridgehead atoms. The zero-order valence-corrected chi connectivity index (χ0v) is 12.1. The molecule has 1 N–H and O–H groups in total. The van der Waals surface area contributed by atoms with E-state index in [2.05, 4.69) is 10.4 Å². The molecule has 1 heterocycles. The molecule has 1 aliphatic rings. The fraction of sp³-hybridized carbons (Fsp3) is 0.375. The van der Waals surface area contributed by atoms with E-state index >= 15 is 0 Å². The van der Waals surface area contributed by atoms with Gasteiger partial charge in [-0.3, -0.25) is 4.79 Å². The van der Waals surface area contributed by atoms with E-state index < -0.39 is 0 Å². The molecule has 0 unspecified atom stereocenters. The first-order valence-corrected chi connectivity index (χ1v) is 7.27. The van der Waals surface area contributed by atoms with E-state index in [0.29, 0.717) is 11.6 Å². The summed E-state index contributed by atoms with van der Waals surface area (Å²) in [6.45, 7) is 0. The Morgan fingerprint density at radius 3 is 2.62 bits per heavy atom. The van der Waals surface area contributed by atoms with Gasteiger partial charge in [-0.25, -0.2) is 4.68 Å². The Hall–Kier alpha value is -2.30. The molecule has 21 heavy (non-hydrogen) atoms. The van der Waals surface area contributed by atoms with Crippen LogP contribution in [0.4, 0.5) is 5.82 Å². The lowest BCUT2D eigenvalue weighted by atomic mass is 10.2. The summed E-state index contributed by atoms with van der Waals surface area (Å²) in [5.74, 6) is 1.38. The summed E-state index contributed by atoms with van der Waals surface area (Å²) >= 11 is 0. The third-order valence-electron chi connectivity index (χ3n) is 3.93. The zero-order valence-electron chi connectivity index (χ0n) is 12.1. The molecule has 0 saturated heterocycles. The van der Waals surface area contributed by atoms with Gasteiger partial charge in [-0.1, -0.05) is 12.8 Å². The smallest absolute Gasteiger partial charge is 0.256 e. The number of hydrogen-bond donors (Lipinski definition) is 1. The van der Waals surface area contributed by atoms with Crippen LogP contribution >= 0.6 is 0 Å². The molecular weight excluding hydrogens is 266 g/mol. The molecule has 0 atom stereocenters. The summed E-state index contributed by atoms with van der Waals surface area (Å²) in [6.07, 6.45) is 6.47. The first-order chi connectivity index (χ1) is 10.3. The Morgan fingerprint density at radius 1 is 1.24 bits per heavy atom. The van der Waals surface area contributed by atoms with E-state index in [0.717, 1.165) is 24.4 Å². The maximum atomic E-state index is 12.3. The van der Waals surface area contributed by atoms with Crippen LogP contribution in [0.2, 0.25) is 0 Å². The predicted molar refractivity (Wildman–Crippen MR) is 80.7 cm³/mol. The molecule has 5 heteroatoms. The molecule has 1 aliphatic carbocycles. The van der Waals surface area contributed by atoms with Crippen LogP contribution in [0.3, 0.4) is 0 Å². The lowest BCUT2D eigenvalue weighted by Crippen LogP contribution is -2.17. The van der Waals surface area contributed by atoms with Crippen molar-refractivity contribution in [2.45, 2.75) is 31.7 Å². The van der Waals surface area contributed by atoms with Crippen LogP contribution < -0.4 is 10.1 Å². The Kier molecular flexibility index (Phi) is 3.90. The number of benzene rings is 1. The quantitative estimate of drug-likeness (QED) is 0.938. The molecule has 1 amide bonds. The SMILES string of the molecule is COc1ccc(C(=O)Nc2ccnn2C2CCCC2)cc1. The van der Waals surface area contributed by atoms with Gasteiger partial charge in [0.05, 0.1) is 19.3 Å². The van der Waals surface area contributed by atoms with Crippen LogP contribution in [0.5, 0.6) is 5.75 Å². The number of nitrogens with zero attached hydrogens (tertiary/aromatic N) is 2. The van der Waals surface area contributed by atoms with Crippen LogP contribution in [-0.4, -0.2) is 22.8 Å². The zero-order chi connectivity index (χ0) is 14.7. The second-order valence-corrected chi connectivity index (χ2v) is 5.28. The van der Waals surface area contributed by atoms with Gasteiger partial charge in [0.1, 0.15) is 11.6 Å². The fourth-order valence-electron chi connectivity index (χ4n) is 2.78. The number of amides is 1. The number of anilines is 1. The van der Waals surface area contributed by atoms with Gasteiger partial charge in [-0.2, -0.15) is 5.10 Å². The molecule has 110 valence electrons. The van der Waals surface area contributed by atoms with Gasteiger partial charge < -0.3 is 10.1 Å². The van der Waals surface area contributed by atoms with Crippen molar-refractivity contribution in [2.75, 3.05) is 12.4 Å². The number of aromatic nitrogens is 2. The second-order valence-electron chi connectivity index (χ2n) is 5.28. The van der Waals surface area contributed by atoms with Crippen molar-refractivity contribution in [3.8, 4) is 5.75 Å². The summed E-state index contributed by atoms with van der Waals surface area (Å²) in [5, 5.41) is 7.30. The van der Waals surface area contributed by atoms with Crippen LogP contribution in [-0.2, 0) is 0 Å². The molecule has 3 rings (SSSR count). The van der Waals surface area contributed by atoms with Crippen molar-refractivity contribution < 1.29 is 9.53 Å². The minimum Gasteiger partial charge on any atom is -0.497 e. The van der Waals surface area contributed by atoms with Gasteiger partial charge in [-0.15, -0.1) is 0 Å². The fourth-order valence-corrected chi connectivity index (χ4v) is 2.78. The first-order valence-electron chi connectivity index (χ1n) is 7.27. The van der Waals surface area contributed by atoms with Crippen molar-refractivity contribution in [3.63, 3.8) is 0 Å². The van der Waals surface area contributed by atoms with Gasteiger partial charge in [0.25, 0.3) is 5.91 Å². The average Bonchev–Trinajstić information content (AvgIpc) is 3.18. The monoisotopic (exact) mass is 285 g/mol. The van der Waals surface area contributed by atoms with Gasteiger partial charge in [0, 0.05) is 11.6 Å². The highest BCUT2D eigenvalue weighted by Gasteiger charge is 2.20. The molecule has 2 aromatic rings. The largest absolute Gasteiger partial charge is 0.497 e. The molecule has 1 fully saturated rings. The normalized spacial score (nSPS) is 15.1. The predicted octanol–water partition coefficient (Wildman–Crippen LogP) is 3.26. The van der Waals surface area contributed by atoms with Gasteiger partial charge in [0.2, 0.25) is 0 Å². The topological polar surface area (TPSA) is 56.1 Å². The third kappa shape index (κ3) is 2.91. The van der Waals surface area contributed by atoms with E-state index in [-0.39, 0.29) is 5.91 Å². The summed E-state index contributed by atoms with van der Waals surface area (Å²) in [4.78, 5) is 12.3. The van der Waals surface area contributed by atoms with Crippen molar-refractivity contribution >= 4 is 11.7 Å². The van der Waals surface area contributed by atoms with Crippen LogP contribution in [0.1, 0.15) is 42.1 Å².